The van der Waals surface area contributed by atoms with Gasteiger partial charge in [0.2, 0.25) is 5.89 Å². The molecular weight excluding hydrogens is 388 g/mol. The molecule has 0 unspecified atom stereocenters. The zero-order valence-electron chi connectivity index (χ0n) is 17.9. The van der Waals surface area contributed by atoms with Crippen molar-refractivity contribution in [2.75, 3.05) is 42.9 Å². The Bertz CT molecular complexity index is 1050. The van der Waals surface area contributed by atoms with Crippen LogP contribution in [0.15, 0.2) is 59.0 Å². The number of nitrogens with zero attached hydrogens (tertiary/aromatic N) is 3. The van der Waals surface area contributed by atoms with E-state index in [1.165, 1.54) is 0 Å². The predicted octanol–water partition coefficient (Wildman–Crippen LogP) is 4.61. The second kappa shape index (κ2) is 8.55. The molecule has 1 amide bonds. The minimum atomic E-state index is -0.201. The Balaban J connectivity index is 1.39. The fourth-order valence-corrected chi connectivity index (χ4v) is 4.16. The monoisotopic (exact) mass is 416 g/mol. The molecule has 0 radical (unpaired) electrons. The van der Waals surface area contributed by atoms with Gasteiger partial charge in [-0.2, -0.15) is 0 Å². The van der Waals surface area contributed by atoms with Gasteiger partial charge >= 0.3 is 0 Å². The van der Waals surface area contributed by atoms with Crippen molar-refractivity contribution in [1.82, 2.24) is 9.88 Å². The lowest BCUT2D eigenvalue weighted by molar-refractivity contribution is 0.102. The highest BCUT2D eigenvalue weighted by molar-refractivity contribution is 6.05. The number of carbonyl (C=O) groups is 1. The molecule has 0 bridgehead atoms. The van der Waals surface area contributed by atoms with Crippen molar-refractivity contribution in [3.05, 3.63) is 66.1 Å². The number of nitrogens with one attached hydrogen (secondary N) is 1. The van der Waals surface area contributed by atoms with E-state index in [1.54, 1.807) is 0 Å². The fourth-order valence-electron chi connectivity index (χ4n) is 4.16. The zero-order valence-corrected chi connectivity index (χ0v) is 17.9. The summed E-state index contributed by atoms with van der Waals surface area (Å²) in [4.78, 5) is 22.7. The predicted molar refractivity (Wildman–Crippen MR) is 123 cm³/mol. The summed E-state index contributed by atoms with van der Waals surface area (Å²) < 4.78 is 6.07. The van der Waals surface area contributed by atoms with Gasteiger partial charge in [0.05, 0.1) is 11.4 Å². The van der Waals surface area contributed by atoms with Crippen molar-refractivity contribution < 1.29 is 9.21 Å². The number of hydrogen-bond acceptors (Lipinski definition) is 5. The average Bonchev–Trinajstić information content (AvgIpc) is 3.58. The number of carbonyl (C=O) groups excluding carboxylic acids is 1. The summed E-state index contributed by atoms with van der Waals surface area (Å²) in [5.74, 6) is 1.32. The van der Waals surface area contributed by atoms with E-state index in [4.69, 9.17) is 4.42 Å². The molecule has 31 heavy (non-hydrogen) atoms. The first-order valence-corrected chi connectivity index (χ1v) is 11.2. The highest BCUT2D eigenvalue weighted by Crippen LogP contribution is 2.43. The summed E-state index contributed by atoms with van der Waals surface area (Å²) in [6.45, 7) is 7.25. The van der Waals surface area contributed by atoms with Crippen LogP contribution in [0, 0.1) is 0 Å². The maximum atomic E-state index is 13.3. The number of rotatable bonds is 6. The molecule has 2 aromatic carbocycles. The standard InChI is InChI=1S/C25H28N4O2/c1-2-28-14-16-29(17-15-28)21-11-7-6-10-20(21)26-24(30)22-23(18-12-13-18)31-25(27-22)19-8-4-3-5-9-19/h3-11,18H,2,12-17H2,1H3,(H,26,30). The van der Waals surface area contributed by atoms with Gasteiger partial charge in [-0.1, -0.05) is 37.3 Å². The largest absolute Gasteiger partial charge is 0.440 e. The van der Waals surface area contributed by atoms with Crippen LogP contribution >= 0.6 is 0 Å². The second-order valence-electron chi connectivity index (χ2n) is 8.26. The highest BCUT2D eigenvalue weighted by Gasteiger charge is 2.34. The Morgan fingerprint density at radius 1 is 1.03 bits per heavy atom. The maximum Gasteiger partial charge on any atom is 0.278 e. The molecule has 1 aromatic heterocycles. The number of amides is 1. The van der Waals surface area contributed by atoms with Crippen molar-refractivity contribution in [3.8, 4) is 11.5 Å². The second-order valence-corrected chi connectivity index (χ2v) is 8.26. The molecule has 1 aliphatic heterocycles. The molecule has 0 spiro atoms. The topological polar surface area (TPSA) is 61.6 Å². The third kappa shape index (κ3) is 4.21. The molecule has 6 nitrogen and oxygen atoms in total. The van der Waals surface area contributed by atoms with Gasteiger partial charge in [0, 0.05) is 37.7 Å². The van der Waals surface area contributed by atoms with Crippen LogP contribution in [0.1, 0.15) is 41.9 Å². The van der Waals surface area contributed by atoms with E-state index < -0.39 is 0 Å². The van der Waals surface area contributed by atoms with Crippen LogP contribution in [0.25, 0.3) is 11.5 Å². The van der Waals surface area contributed by atoms with Gasteiger partial charge in [-0.05, 0) is 43.7 Å². The van der Waals surface area contributed by atoms with Crippen LogP contribution in [-0.2, 0) is 0 Å². The van der Waals surface area contributed by atoms with Gasteiger partial charge in [-0.3, -0.25) is 4.79 Å². The Kier molecular flexibility index (Phi) is 5.47. The number of aromatic nitrogens is 1. The molecule has 1 aliphatic carbocycles. The van der Waals surface area contributed by atoms with Crippen LogP contribution in [0.4, 0.5) is 11.4 Å². The van der Waals surface area contributed by atoms with E-state index in [0.29, 0.717) is 23.3 Å². The van der Waals surface area contributed by atoms with Crippen LogP contribution in [0.3, 0.4) is 0 Å². The summed E-state index contributed by atoms with van der Waals surface area (Å²) in [7, 11) is 0. The first-order chi connectivity index (χ1) is 15.2. The Hall–Kier alpha value is -3.12. The average molecular weight is 417 g/mol. The summed E-state index contributed by atoms with van der Waals surface area (Å²) in [6.07, 6.45) is 2.09. The van der Waals surface area contributed by atoms with Crippen molar-refractivity contribution in [2.45, 2.75) is 25.7 Å². The van der Waals surface area contributed by atoms with E-state index >= 15 is 0 Å². The van der Waals surface area contributed by atoms with Gasteiger partial charge in [-0.15, -0.1) is 0 Å². The summed E-state index contributed by atoms with van der Waals surface area (Å²) in [5, 5.41) is 3.12. The van der Waals surface area contributed by atoms with Crippen molar-refractivity contribution in [1.29, 1.82) is 0 Å². The molecule has 2 aliphatic rings. The van der Waals surface area contributed by atoms with Crippen LogP contribution in [-0.4, -0.2) is 48.5 Å². The third-order valence-electron chi connectivity index (χ3n) is 6.15. The lowest BCUT2D eigenvalue weighted by Crippen LogP contribution is -2.46. The Morgan fingerprint density at radius 3 is 2.45 bits per heavy atom. The summed E-state index contributed by atoms with van der Waals surface area (Å²) >= 11 is 0. The number of likely N-dealkylation sites (N-methyl/N-ethyl adjacent to an activating group) is 1. The van der Waals surface area contributed by atoms with Crippen molar-refractivity contribution >= 4 is 17.3 Å². The van der Waals surface area contributed by atoms with E-state index in [9.17, 15) is 4.79 Å². The molecule has 3 aromatic rings. The lowest BCUT2D eigenvalue weighted by Gasteiger charge is -2.36. The fraction of sp³-hybridized carbons (Fsp3) is 0.360. The van der Waals surface area contributed by atoms with E-state index in [-0.39, 0.29) is 5.91 Å². The minimum absolute atomic E-state index is 0.201. The van der Waals surface area contributed by atoms with Gasteiger partial charge in [0.15, 0.2) is 5.69 Å². The smallest absolute Gasteiger partial charge is 0.278 e. The van der Waals surface area contributed by atoms with Gasteiger partial charge < -0.3 is 19.5 Å². The molecule has 1 N–H and O–H groups in total. The van der Waals surface area contributed by atoms with Gasteiger partial charge in [0.25, 0.3) is 5.91 Å². The molecule has 2 heterocycles. The Morgan fingerprint density at radius 2 is 1.74 bits per heavy atom. The number of oxazole rings is 1. The van der Waals surface area contributed by atoms with Gasteiger partial charge in [-0.25, -0.2) is 4.98 Å². The molecule has 160 valence electrons. The van der Waals surface area contributed by atoms with Crippen molar-refractivity contribution in [2.24, 2.45) is 0 Å². The number of benzene rings is 2. The molecule has 6 heteroatoms. The Labute approximate surface area is 182 Å². The van der Waals surface area contributed by atoms with E-state index in [1.807, 2.05) is 48.5 Å². The quantitative estimate of drug-likeness (QED) is 0.636. The van der Waals surface area contributed by atoms with Gasteiger partial charge in [0.1, 0.15) is 5.76 Å². The summed E-state index contributed by atoms with van der Waals surface area (Å²) in [6, 6.07) is 17.8. The SMILES string of the molecule is CCN1CCN(c2ccccc2NC(=O)c2nc(-c3ccccc3)oc2C2CC2)CC1. The van der Waals surface area contributed by atoms with Crippen molar-refractivity contribution in [3.63, 3.8) is 0 Å². The summed E-state index contributed by atoms with van der Waals surface area (Å²) in [5.41, 5.74) is 3.18. The van der Waals surface area contributed by atoms with Crippen LogP contribution in [0.2, 0.25) is 0 Å². The molecule has 5 rings (SSSR count). The number of para-hydroxylation sites is 2. The molecule has 0 atom stereocenters. The first-order valence-electron chi connectivity index (χ1n) is 11.2. The number of hydrogen-bond donors (Lipinski definition) is 1. The normalized spacial score (nSPS) is 17.0. The third-order valence-corrected chi connectivity index (χ3v) is 6.15. The lowest BCUT2D eigenvalue weighted by atomic mass is 10.2. The maximum absolute atomic E-state index is 13.3. The zero-order chi connectivity index (χ0) is 21.2. The minimum Gasteiger partial charge on any atom is -0.440 e. The van der Waals surface area contributed by atoms with E-state index in [0.717, 1.165) is 62.5 Å². The molecule has 1 saturated heterocycles. The van der Waals surface area contributed by atoms with Crippen LogP contribution < -0.4 is 10.2 Å². The first kappa shape index (κ1) is 19.8. The molecule has 2 fully saturated rings. The number of anilines is 2. The molecule has 1 saturated carbocycles. The number of piperazine rings is 1. The highest BCUT2D eigenvalue weighted by atomic mass is 16.4. The van der Waals surface area contributed by atoms with Crippen LogP contribution in [0.5, 0.6) is 0 Å². The molecular formula is C25H28N4O2. The van der Waals surface area contributed by atoms with E-state index in [2.05, 4.69) is 33.1 Å².